The zero-order chi connectivity index (χ0) is 18.6. The van der Waals surface area contributed by atoms with Crippen LogP contribution in [0.2, 0.25) is 0 Å². The molecule has 0 atom stereocenters. The number of carbonyl (C=O) groups is 1. The highest BCUT2D eigenvalue weighted by Gasteiger charge is 2.29. The molecule has 0 bridgehead atoms. The topological polar surface area (TPSA) is 83.3 Å². The van der Waals surface area contributed by atoms with Crippen molar-refractivity contribution in [2.75, 3.05) is 39.3 Å². The van der Waals surface area contributed by atoms with Crippen LogP contribution in [0.1, 0.15) is 60.3 Å². The lowest BCUT2D eigenvalue weighted by atomic mass is 10.0. The Morgan fingerprint density at radius 2 is 2.19 bits per heavy atom. The van der Waals surface area contributed by atoms with E-state index in [4.69, 9.17) is 4.52 Å². The Kier molecular flexibility index (Phi) is 5.69. The molecule has 27 heavy (non-hydrogen) atoms. The van der Waals surface area contributed by atoms with Gasteiger partial charge in [0.05, 0.1) is 16.6 Å². The van der Waals surface area contributed by atoms with E-state index in [0.29, 0.717) is 23.7 Å². The van der Waals surface area contributed by atoms with Gasteiger partial charge in [-0.05, 0) is 38.3 Å². The Morgan fingerprint density at radius 3 is 2.93 bits per heavy atom. The molecule has 7 heteroatoms. The van der Waals surface area contributed by atoms with Crippen molar-refractivity contribution in [3.05, 3.63) is 23.0 Å². The highest BCUT2D eigenvalue weighted by Crippen LogP contribution is 2.40. The third kappa shape index (κ3) is 4.30. The van der Waals surface area contributed by atoms with Gasteiger partial charge >= 0.3 is 0 Å². The summed E-state index contributed by atoms with van der Waals surface area (Å²) in [5.41, 5.74) is 2.99. The van der Waals surface area contributed by atoms with Gasteiger partial charge in [-0.25, -0.2) is 4.98 Å². The summed E-state index contributed by atoms with van der Waals surface area (Å²) in [6.45, 7) is 8.09. The summed E-state index contributed by atoms with van der Waals surface area (Å²) in [5.74, 6) is 0.429. The molecule has 2 fully saturated rings. The average molecular weight is 371 g/mol. The molecule has 2 aliphatic rings. The second-order valence-electron chi connectivity index (χ2n) is 7.63. The van der Waals surface area contributed by atoms with E-state index in [9.17, 15) is 4.79 Å². The van der Waals surface area contributed by atoms with Crippen molar-refractivity contribution in [3.63, 3.8) is 0 Å². The predicted molar refractivity (Wildman–Crippen MR) is 104 cm³/mol. The van der Waals surface area contributed by atoms with Crippen LogP contribution in [-0.2, 0) is 6.42 Å². The summed E-state index contributed by atoms with van der Waals surface area (Å²) in [7, 11) is 0. The zero-order valence-electron chi connectivity index (χ0n) is 16.1. The van der Waals surface area contributed by atoms with Crippen LogP contribution in [0.4, 0.5) is 0 Å². The number of amides is 1. The highest BCUT2D eigenvalue weighted by atomic mass is 16.5. The van der Waals surface area contributed by atoms with Gasteiger partial charge in [0, 0.05) is 44.3 Å². The molecule has 0 aromatic carbocycles. The minimum absolute atomic E-state index is 0.0369. The van der Waals surface area contributed by atoms with Gasteiger partial charge in [0.25, 0.3) is 11.6 Å². The lowest BCUT2D eigenvalue weighted by Gasteiger charge is -2.27. The van der Waals surface area contributed by atoms with E-state index in [-0.39, 0.29) is 5.91 Å². The first-order valence-electron chi connectivity index (χ1n) is 10.3. The fraction of sp³-hybridized carbons (Fsp3) is 0.650. The predicted octanol–water partition coefficient (Wildman–Crippen LogP) is 2.08. The third-order valence-electron chi connectivity index (χ3n) is 5.41. The average Bonchev–Trinajstić information content (AvgIpc) is 3.47. The number of hydrogen-bond acceptors (Lipinski definition) is 6. The summed E-state index contributed by atoms with van der Waals surface area (Å²) in [5, 5.41) is 11.4. The third-order valence-corrected chi connectivity index (χ3v) is 5.41. The zero-order valence-corrected chi connectivity index (χ0v) is 16.1. The number of aryl methyl sites for hydroxylation is 1. The number of nitrogens with zero attached hydrogens (tertiary/aromatic N) is 3. The molecule has 3 heterocycles. The molecule has 1 saturated carbocycles. The maximum atomic E-state index is 12.9. The van der Waals surface area contributed by atoms with Crippen LogP contribution < -0.4 is 10.6 Å². The molecule has 1 amide bonds. The van der Waals surface area contributed by atoms with Crippen molar-refractivity contribution < 1.29 is 9.32 Å². The van der Waals surface area contributed by atoms with Crippen LogP contribution in [0.3, 0.4) is 0 Å². The molecular formula is C20H29N5O2. The quantitative estimate of drug-likeness (QED) is 0.691. The molecule has 0 radical (unpaired) electrons. The molecule has 0 spiro atoms. The number of fused-ring (bicyclic) bond motifs is 1. The van der Waals surface area contributed by atoms with E-state index in [1.165, 1.54) is 0 Å². The molecular weight excluding hydrogens is 342 g/mol. The highest BCUT2D eigenvalue weighted by molar-refractivity contribution is 6.06. The van der Waals surface area contributed by atoms with Crippen molar-refractivity contribution in [2.45, 2.75) is 44.9 Å². The van der Waals surface area contributed by atoms with Gasteiger partial charge in [-0.2, -0.15) is 0 Å². The Balaban J connectivity index is 1.45. The molecule has 1 saturated heterocycles. The van der Waals surface area contributed by atoms with Crippen LogP contribution in [0, 0.1) is 0 Å². The summed E-state index contributed by atoms with van der Waals surface area (Å²) in [6.07, 6.45) is 4.99. The number of aromatic nitrogens is 2. The smallest absolute Gasteiger partial charge is 0.259 e. The molecule has 2 N–H and O–H groups in total. The van der Waals surface area contributed by atoms with Gasteiger partial charge < -0.3 is 20.1 Å². The van der Waals surface area contributed by atoms with E-state index in [2.05, 4.69) is 32.6 Å². The van der Waals surface area contributed by atoms with E-state index >= 15 is 0 Å². The number of piperazine rings is 1. The SMILES string of the molecule is CCCc1noc2nc(C3CC3)cc(C(=O)NCCCN3CCNCC3)c12. The molecule has 7 nitrogen and oxygen atoms in total. The lowest BCUT2D eigenvalue weighted by molar-refractivity contribution is 0.0952. The number of rotatable bonds is 8. The molecule has 2 aromatic rings. The Hall–Kier alpha value is -1.99. The van der Waals surface area contributed by atoms with Crippen molar-refractivity contribution in [1.29, 1.82) is 0 Å². The van der Waals surface area contributed by atoms with Gasteiger partial charge in [0.1, 0.15) is 0 Å². The summed E-state index contributed by atoms with van der Waals surface area (Å²) < 4.78 is 5.46. The van der Waals surface area contributed by atoms with E-state index in [1.807, 2.05) is 6.07 Å². The monoisotopic (exact) mass is 371 g/mol. The number of nitrogens with one attached hydrogen (secondary N) is 2. The second-order valence-corrected chi connectivity index (χ2v) is 7.63. The fourth-order valence-corrected chi connectivity index (χ4v) is 3.74. The number of pyridine rings is 1. The molecule has 146 valence electrons. The maximum Gasteiger partial charge on any atom is 0.259 e. The van der Waals surface area contributed by atoms with Crippen LogP contribution >= 0.6 is 0 Å². The number of carbonyl (C=O) groups excluding carboxylic acids is 1. The largest absolute Gasteiger partial charge is 0.352 e. The summed E-state index contributed by atoms with van der Waals surface area (Å²) >= 11 is 0. The molecule has 4 rings (SSSR count). The van der Waals surface area contributed by atoms with Crippen LogP contribution in [0.25, 0.3) is 11.1 Å². The minimum Gasteiger partial charge on any atom is -0.352 e. The molecule has 2 aromatic heterocycles. The minimum atomic E-state index is -0.0369. The Morgan fingerprint density at radius 1 is 1.37 bits per heavy atom. The fourth-order valence-electron chi connectivity index (χ4n) is 3.74. The number of hydrogen-bond donors (Lipinski definition) is 2. The van der Waals surface area contributed by atoms with E-state index < -0.39 is 0 Å². The van der Waals surface area contributed by atoms with Crippen molar-refractivity contribution in [1.82, 2.24) is 25.7 Å². The first-order chi connectivity index (χ1) is 13.3. The van der Waals surface area contributed by atoms with Gasteiger partial charge in [0.2, 0.25) is 0 Å². The molecule has 1 aliphatic heterocycles. The van der Waals surface area contributed by atoms with Gasteiger partial charge in [0.15, 0.2) is 0 Å². The van der Waals surface area contributed by atoms with Gasteiger partial charge in [-0.15, -0.1) is 0 Å². The Bertz CT molecular complexity index is 793. The standard InChI is InChI=1S/C20H29N5O2/c1-2-4-16-18-15(13-17(14-5-6-14)23-20(18)27-24-16)19(26)22-7-3-10-25-11-8-21-9-12-25/h13-14,21H,2-12H2,1H3,(H,22,26). The lowest BCUT2D eigenvalue weighted by Crippen LogP contribution is -2.44. The van der Waals surface area contributed by atoms with E-state index in [1.54, 1.807) is 0 Å². The van der Waals surface area contributed by atoms with Crippen LogP contribution in [-0.4, -0.2) is 60.2 Å². The van der Waals surface area contributed by atoms with Crippen LogP contribution in [0.15, 0.2) is 10.6 Å². The molecule has 1 aliphatic carbocycles. The van der Waals surface area contributed by atoms with E-state index in [0.717, 1.165) is 81.6 Å². The first kappa shape index (κ1) is 18.4. The first-order valence-corrected chi connectivity index (χ1v) is 10.3. The van der Waals surface area contributed by atoms with Crippen molar-refractivity contribution in [2.24, 2.45) is 0 Å². The van der Waals surface area contributed by atoms with Crippen molar-refractivity contribution in [3.8, 4) is 0 Å². The van der Waals surface area contributed by atoms with Crippen LogP contribution in [0.5, 0.6) is 0 Å². The van der Waals surface area contributed by atoms with Crippen molar-refractivity contribution >= 4 is 17.0 Å². The molecule has 0 unspecified atom stereocenters. The summed E-state index contributed by atoms with van der Waals surface area (Å²) in [6, 6.07) is 1.96. The normalized spacial score (nSPS) is 18.1. The second kappa shape index (κ2) is 8.35. The van der Waals surface area contributed by atoms with Gasteiger partial charge in [-0.3, -0.25) is 4.79 Å². The van der Waals surface area contributed by atoms with Gasteiger partial charge in [-0.1, -0.05) is 18.5 Å². The summed E-state index contributed by atoms with van der Waals surface area (Å²) in [4.78, 5) is 20.0. The Labute approximate surface area is 159 Å². The maximum absolute atomic E-state index is 12.9.